The molecule has 0 radical (unpaired) electrons. The van der Waals surface area contributed by atoms with Crippen LogP contribution >= 0.6 is 0 Å². The lowest BCUT2D eigenvalue weighted by Gasteiger charge is -2.13. The van der Waals surface area contributed by atoms with E-state index in [1.165, 1.54) is 24.3 Å². The van der Waals surface area contributed by atoms with Crippen molar-refractivity contribution in [2.24, 2.45) is 23.0 Å². The van der Waals surface area contributed by atoms with Crippen molar-refractivity contribution in [3.63, 3.8) is 0 Å². The van der Waals surface area contributed by atoms with Crippen LogP contribution in [0.25, 0.3) is 0 Å². The van der Waals surface area contributed by atoms with Gasteiger partial charge in [-0.1, -0.05) is 13.8 Å². The molecule has 0 saturated heterocycles. The summed E-state index contributed by atoms with van der Waals surface area (Å²) in [5.74, 6) is -1.56. The van der Waals surface area contributed by atoms with E-state index < -0.39 is 17.2 Å². The molecule has 2 rings (SSSR count). The lowest BCUT2D eigenvalue weighted by Crippen LogP contribution is -2.38. The van der Waals surface area contributed by atoms with Gasteiger partial charge >= 0.3 is 0 Å². The molecule has 2 amide bonds. The van der Waals surface area contributed by atoms with Crippen LogP contribution in [0.3, 0.4) is 0 Å². The topological polar surface area (TPSA) is 72.2 Å². The number of benzene rings is 1. The van der Waals surface area contributed by atoms with E-state index in [-0.39, 0.29) is 17.7 Å². The average Bonchev–Trinajstić information content (AvgIpc) is 2.86. The quantitative estimate of drug-likeness (QED) is 0.798. The van der Waals surface area contributed by atoms with Gasteiger partial charge in [0.2, 0.25) is 11.8 Å². The number of rotatable bonds is 3. The molecule has 1 aromatic rings. The molecular weight excluding hydrogens is 235 g/mol. The maximum absolute atomic E-state index is 12.7. The second-order valence-electron chi connectivity index (χ2n) is 4.77. The summed E-state index contributed by atoms with van der Waals surface area (Å²) in [6, 6.07) is 5.37. The van der Waals surface area contributed by atoms with Crippen LogP contribution in [0.1, 0.15) is 13.8 Å². The van der Waals surface area contributed by atoms with E-state index in [1.807, 2.05) is 13.8 Å². The zero-order chi connectivity index (χ0) is 13.5. The molecule has 5 heteroatoms. The smallest absolute Gasteiger partial charge is 0.240 e. The fourth-order valence-electron chi connectivity index (χ4n) is 2.52. The summed E-state index contributed by atoms with van der Waals surface area (Å²) in [6.07, 6.45) is 0. The predicted molar refractivity (Wildman–Crippen MR) is 65.0 cm³/mol. The van der Waals surface area contributed by atoms with Crippen molar-refractivity contribution in [1.29, 1.82) is 0 Å². The van der Waals surface area contributed by atoms with Gasteiger partial charge in [0, 0.05) is 5.69 Å². The Labute approximate surface area is 104 Å². The number of primary amides is 1. The first kappa shape index (κ1) is 12.5. The molecule has 0 bridgehead atoms. The van der Waals surface area contributed by atoms with E-state index in [9.17, 15) is 14.0 Å². The van der Waals surface area contributed by atoms with E-state index >= 15 is 0 Å². The lowest BCUT2D eigenvalue weighted by atomic mass is 10.00. The van der Waals surface area contributed by atoms with Gasteiger partial charge < -0.3 is 11.1 Å². The molecule has 1 saturated carbocycles. The molecule has 1 fully saturated rings. The van der Waals surface area contributed by atoms with Gasteiger partial charge in [0.05, 0.1) is 0 Å². The summed E-state index contributed by atoms with van der Waals surface area (Å²) in [4.78, 5) is 23.6. The Morgan fingerprint density at radius 1 is 1.22 bits per heavy atom. The van der Waals surface area contributed by atoms with Crippen molar-refractivity contribution in [1.82, 2.24) is 0 Å². The predicted octanol–water partition coefficient (Wildman–Crippen LogP) is 1.52. The molecule has 0 aliphatic heterocycles. The van der Waals surface area contributed by atoms with Crippen LogP contribution < -0.4 is 11.1 Å². The monoisotopic (exact) mass is 250 g/mol. The lowest BCUT2D eigenvalue weighted by molar-refractivity contribution is -0.133. The van der Waals surface area contributed by atoms with Crippen LogP contribution in [0, 0.1) is 23.1 Å². The Balaban J connectivity index is 2.18. The molecule has 3 N–H and O–H groups in total. The highest BCUT2D eigenvalue weighted by molar-refractivity contribution is 6.13. The first-order valence-corrected chi connectivity index (χ1v) is 5.77. The van der Waals surface area contributed by atoms with E-state index in [0.29, 0.717) is 5.69 Å². The van der Waals surface area contributed by atoms with E-state index in [2.05, 4.69) is 5.32 Å². The van der Waals surface area contributed by atoms with Crippen LogP contribution in [-0.2, 0) is 9.59 Å². The number of carbonyl (C=O) groups excluding carboxylic acids is 2. The first-order chi connectivity index (χ1) is 8.40. The van der Waals surface area contributed by atoms with Crippen molar-refractivity contribution in [3.8, 4) is 0 Å². The van der Waals surface area contributed by atoms with Gasteiger partial charge in [0.1, 0.15) is 11.2 Å². The molecule has 1 aromatic carbocycles. The van der Waals surface area contributed by atoms with Crippen molar-refractivity contribution < 1.29 is 14.0 Å². The SMILES string of the molecule is CC1C(C)C1(C(N)=O)C(=O)Nc1ccc(F)cc1. The molecule has 2 atom stereocenters. The largest absolute Gasteiger partial charge is 0.369 e. The first-order valence-electron chi connectivity index (χ1n) is 5.77. The summed E-state index contributed by atoms with van der Waals surface area (Å²) < 4.78 is 12.7. The maximum Gasteiger partial charge on any atom is 0.240 e. The van der Waals surface area contributed by atoms with E-state index in [0.717, 1.165) is 0 Å². The Kier molecular flexibility index (Phi) is 2.84. The van der Waals surface area contributed by atoms with E-state index in [1.54, 1.807) is 0 Å². The second kappa shape index (κ2) is 4.08. The summed E-state index contributed by atoms with van der Waals surface area (Å²) in [5.41, 5.74) is 4.65. The number of nitrogens with one attached hydrogen (secondary N) is 1. The highest BCUT2D eigenvalue weighted by atomic mass is 19.1. The van der Waals surface area contributed by atoms with Gasteiger partial charge in [0.25, 0.3) is 0 Å². The fourth-order valence-corrected chi connectivity index (χ4v) is 2.52. The van der Waals surface area contributed by atoms with Crippen LogP contribution in [0.4, 0.5) is 10.1 Å². The molecule has 96 valence electrons. The van der Waals surface area contributed by atoms with Gasteiger partial charge in [-0.05, 0) is 36.1 Å². The van der Waals surface area contributed by atoms with Crippen LogP contribution in [0.5, 0.6) is 0 Å². The third-order valence-electron chi connectivity index (χ3n) is 3.96. The Bertz CT molecular complexity index is 490. The Hall–Kier alpha value is -1.91. The molecule has 1 aliphatic carbocycles. The fraction of sp³-hybridized carbons (Fsp3) is 0.385. The second-order valence-corrected chi connectivity index (χ2v) is 4.77. The number of nitrogens with two attached hydrogens (primary N) is 1. The summed E-state index contributed by atoms with van der Waals surface area (Å²) >= 11 is 0. The van der Waals surface area contributed by atoms with Crippen molar-refractivity contribution in [2.45, 2.75) is 13.8 Å². The van der Waals surface area contributed by atoms with Gasteiger partial charge in [-0.3, -0.25) is 9.59 Å². The number of anilines is 1. The summed E-state index contributed by atoms with van der Waals surface area (Å²) in [5, 5.41) is 2.61. The number of hydrogen-bond donors (Lipinski definition) is 2. The highest BCUT2D eigenvalue weighted by Crippen LogP contribution is 2.58. The van der Waals surface area contributed by atoms with Crippen molar-refractivity contribution in [2.75, 3.05) is 5.32 Å². The third-order valence-corrected chi connectivity index (χ3v) is 3.96. The van der Waals surface area contributed by atoms with E-state index in [4.69, 9.17) is 5.73 Å². The minimum Gasteiger partial charge on any atom is -0.369 e. The third kappa shape index (κ3) is 1.66. The molecule has 18 heavy (non-hydrogen) atoms. The molecular formula is C13H15FN2O2. The zero-order valence-electron chi connectivity index (χ0n) is 10.2. The minimum absolute atomic E-state index is 0.0737. The Morgan fingerprint density at radius 3 is 2.11 bits per heavy atom. The number of hydrogen-bond acceptors (Lipinski definition) is 2. The molecule has 2 unspecified atom stereocenters. The van der Waals surface area contributed by atoms with Gasteiger partial charge in [-0.25, -0.2) is 4.39 Å². The maximum atomic E-state index is 12.7. The molecule has 0 spiro atoms. The van der Waals surface area contributed by atoms with Crippen molar-refractivity contribution in [3.05, 3.63) is 30.1 Å². The molecule has 0 heterocycles. The summed E-state index contributed by atoms with van der Waals surface area (Å²) in [6.45, 7) is 3.64. The van der Waals surface area contributed by atoms with Gasteiger partial charge in [0.15, 0.2) is 0 Å². The van der Waals surface area contributed by atoms with Crippen LogP contribution in [0.2, 0.25) is 0 Å². The average molecular weight is 250 g/mol. The zero-order valence-corrected chi connectivity index (χ0v) is 10.2. The van der Waals surface area contributed by atoms with Crippen LogP contribution in [0.15, 0.2) is 24.3 Å². The normalized spacial score (nSPS) is 29.7. The number of halogens is 1. The molecule has 1 aliphatic rings. The standard InChI is InChI=1S/C13H15FN2O2/c1-7-8(2)13(7,11(15)17)12(18)16-10-5-3-9(14)4-6-10/h3-8H,1-2H3,(H2,15,17)(H,16,18). The molecule has 4 nitrogen and oxygen atoms in total. The summed E-state index contributed by atoms with van der Waals surface area (Å²) in [7, 11) is 0. The Morgan fingerprint density at radius 2 is 1.72 bits per heavy atom. The highest BCUT2D eigenvalue weighted by Gasteiger charge is 2.69. The minimum atomic E-state index is -1.13. The molecule has 0 aromatic heterocycles. The van der Waals surface area contributed by atoms with Crippen LogP contribution in [-0.4, -0.2) is 11.8 Å². The van der Waals surface area contributed by atoms with Gasteiger partial charge in [-0.2, -0.15) is 0 Å². The van der Waals surface area contributed by atoms with Crippen molar-refractivity contribution >= 4 is 17.5 Å². The van der Waals surface area contributed by atoms with Gasteiger partial charge in [-0.15, -0.1) is 0 Å². The number of carbonyl (C=O) groups is 2. The number of amides is 2.